The summed E-state index contributed by atoms with van der Waals surface area (Å²) in [6.07, 6.45) is 1.47. The highest BCUT2D eigenvalue weighted by Gasteiger charge is 2.22. The molecular weight excluding hydrogens is 430 g/mol. The van der Waals surface area contributed by atoms with Crippen molar-refractivity contribution in [2.24, 2.45) is 0 Å². The second kappa shape index (κ2) is 10.9. The Hall–Kier alpha value is -3.81. The maximum atomic E-state index is 10.9. The van der Waals surface area contributed by atoms with Crippen molar-refractivity contribution in [1.82, 2.24) is 14.5 Å². The number of pyridine rings is 1. The summed E-state index contributed by atoms with van der Waals surface area (Å²) in [6.45, 7) is 0.438. The van der Waals surface area contributed by atoms with Crippen LogP contribution >= 0.6 is 0 Å². The number of hydrogen-bond donors (Lipinski definition) is 3. The van der Waals surface area contributed by atoms with E-state index in [9.17, 15) is 15.0 Å². The lowest BCUT2D eigenvalue weighted by atomic mass is 10.0. The van der Waals surface area contributed by atoms with Gasteiger partial charge in [-0.05, 0) is 25.0 Å². The van der Waals surface area contributed by atoms with Crippen molar-refractivity contribution in [2.75, 3.05) is 0 Å². The minimum atomic E-state index is -1.09. The van der Waals surface area contributed by atoms with Gasteiger partial charge in [-0.2, -0.15) is 0 Å². The first-order valence-corrected chi connectivity index (χ1v) is 11.2. The van der Waals surface area contributed by atoms with Gasteiger partial charge in [0.2, 0.25) is 0 Å². The Bertz CT molecular complexity index is 1210. The Morgan fingerprint density at radius 3 is 2.06 bits per heavy atom. The molecule has 0 aliphatic heterocycles. The van der Waals surface area contributed by atoms with Crippen LogP contribution in [-0.4, -0.2) is 48.0 Å². The van der Waals surface area contributed by atoms with Crippen molar-refractivity contribution in [3.63, 3.8) is 0 Å². The molecule has 0 radical (unpaired) electrons. The molecule has 2 atom stereocenters. The van der Waals surface area contributed by atoms with Crippen molar-refractivity contribution < 1.29 is 20.1 Å². The molecule has 2 aromatic heterocycles. The Morgan fingerprint density at radius 2 is 1.44 bits per heavy atom. The van der Waals surface area contributed by atoms with Crippen molar-refractivity contribution in [2.45, 2.75) is 38.0 Å². The summed E-state index contributed by atoms with van der Waals surface area (Å²) in [4.78, 5) is 20.0. The summed E-state index contributed by atoms with van der Waals surface area (Å²) in [5.41, 5.74) is 4.60. The number of aromatic nitrogens is 3. The molecule has 174 valence electrons. The lowest BCUT2D eigenvalue weighted by Gasteiger charge is -2.17. The molecule has 0 amide bonds. The highest BCUT2D eigenvalue weighted by molar-refractivity contribution is 5.82. The van der Waals surface area contributed by atoms with Crippen LogP contribution in [-0.2, 0) is 11.3 Å². The minimum Gasteiger partial charge on any atom is -0.481 e. The van der Waals surface area contributed by atoms with E-state index in [1.807, 2.05) is 72.8 Å². The first-order valence-electron chi connectivity index (χ1n) is 11.2. The number of hydrogen-bond acceptors (Lipinski definition) is 5. The lowest BCUT2D eigenvalue weighted by molar-refractivity contribution is -0.139. The average Bonchev–Trinajstić information content (AvgIpc) is 3.23. The molecule has 2 heterocycles. The van der Waals surface area contributed by atoms with Gasteiger partial charge in [-0.3, -0.25) is 9.78 Å². The molecule has 0 spiro atoms. The van der Waals surface area contributed by atoms with Crippen molar-refractivity contribution in [1.29, 1.82) is 0 Å². The monoisotopic (exact) mass is 457 g/mol. The maximum absolute atomic E-state index is 10.9. The number of aliphatic hydroxyl groups is 2. The maximum Gasteiger partial charge on any atom is 0.305 e. The van der Waals surface area contributed by atoms with Gasteiger partial charge in [0.05, 0.1) is 30.0 Å². The van der Waals surface area contributed by atoms with Gasteiger partial charge in [0, 0.05) is 35.6 Å². The largest absolute Gasteiger partial charge is 0.481 e. The Morgan fingerprint density at radius 1 is 0.824 bits per heavy atom. The van der Waals surface area contributed by atoms with Gasteiger partial charge < -0.3 is 19.9 Å². The molecule has 0 bridgehead atoms. The molecule has 0 saturated heterocycles. The van der Waals surface area contributed by atoms with Gasteiger partial charge in [0.15, 0.2) is 0 Å². The fourth-order valence-corrected chi connectivity index (χ4v) is 4.07. The molecule has 0 aliphatic rings. The molecular formula is C27H27N3O4. The fourth-order valence-electron chi connectivity index (χ4n) is 4.07. The van der Waals surface area contributed by atoms with E-state index in [1.54, 1.807) is 12.4 Å². The quantitative estimate of drug-likeness (QED) is 0.328. The Kier molecular flexibility index (Phi) is 7.47. The third kappa shape index (κ3) is 5.57. The zero-order valence-corrected chi connectivity index (χ0v) is 18.7. The van der Waals surface area contributed by atoms with E-state index in [2.05, 4.69) is 9.55 Å². The smallest absolute Gasteiger partial charge is 0.305 e. The summed E-state index contributed by atoms with van der Waals surface area (Å²) in [7, 11) is 0. The molecule has 7 heteroatoms. The number of carboxylic acids is 1. The molecule has 3 N–H and O–H groups in total. The van der Waals surface area contributed by atoms with Crippen LogP contribution in [0.2, 0.25) is 0 Å². The predicted octanol–water partition coefficient (Wildman–Crippen LogP) is 4.26. The Balaban J connectivity index is 1.76. The molecule has 0 fully saturated rings. The molecule has 34 heavy (non-hydrogen) atoms. The minimum absolute atomic E-state index is 0.000447. The number of carboxylic acid groups (broad SMARTS) is 1. The number of imidazole rings is 1. The third-order valence-corrected chi connectivity index (χ3v) is 5.64. The van der Waals surface area contributed by atoms with Crippen LogP contribution in [0.3, 0.4) is 0 Å². The summed E-state index contributed by atoms with van der Waals surface area (Å²) < 4.78 is 2.09. The van der Waals surface area contributed by atoms with Crippen LogP contribution < -0.4 is 0 Å². The predicted molar refractivity (Wildman–Crippen MR) is 130 cm³/mol. The fraction of sp³-hybridized carbons (Fsp3) is 0.222. The van der Waals surface area contributed by atoms with Crippen molar-refractivity contribution >= 4 is 5.97 Å². The first-order chi connectivity index (χ1) is 16.5. The number of rotatable bonds is 10. The van der Waals surface area contributed by atoms with Gasteiger partial charge in [-0.1, -0.05) is 60.7 Å². The van der Waals surface area contributed by atoms with E-state index in [0.29, 0.717) is 13.0 Å². The zero-order valence-electron chi connectivity index (χ0n) is 18.7. The van der Waals surface area contributed by atoms with E-state index in [0.717, 1.165) is 33.9 Å². The molecule has 0 unspecified atom stereocenters. The summed E-state index contributed by atoms with van der Waals surface area (Å²) in [6, 6.07) is 23.7. The van der Waals surface area contributed by atoms with Crippen LogP contribution in [0.5, 0.6) is 0 Å². The van der Waals surface area contributed by atoms with Gasteiger partial charge in [0.25, 0.3) is 0 Å². The highest BCUT2D eigenvalue weighted by atomic mass is 16.4. The van der Waals surface area contributed by atoms with E-state index in [1.165, 1.54) is 0 Å². The number of carbonyl (C=O) groups is 1. The standard InChI is InChI=1S/C27H27N3O4/c31-22(17-23(32)18-24(33)34)13-16-30-26(20-7-3-1-4-8-20)25(19-11-14-28-15-12-19)29-27(30)21-9-5-2-6-10-21/h1-12,14-15,22-23,31-32H,13,16-18H2,(H,33,34)/t22-,23-/m1/s1. The molecule has 0 saturated carbocycles. The molecule has 0 aliphatic carbocycles. The van der Waals surface area contributed by atoms with Crippen LogP contribution in [0.15, 0.2) is 85.2 Å². The normalized spacial score (nSPS) is 12.9. The molecule has 2 aromatic carbocycles. The van der Waals surface area contributed by atoms with Crippen molar-refractivity contribution in [3.8, 4) is 33.9 Å². The number of nitrogens with zero attached hydrogens (tertiary/aromatic N) is 3. The summed E-state index contributed by atoms with van der Waals surface area (Å²) >= 11 is 0. The van der Waals surface area contributed by atoms with Gasteiger partial charge >= 0.3 is 5.97 Å². The number of aliphatic hydroxyl groups excluding tert-OH is 2. The van der Waals surface area contributed by atoms with E-state index < -0.39 is 24.6 Å². The Labute approximate surface area is 198 Å². The third-order valence-electron chi connectivity index (χ3n) is 5.64. The van der Waals surface area contributed by atoms with Crippen LogP contribution in [0.25, 0.3) is 33.9 Å². The number of benzene rings is 2. The second-order valence-electron chi connectivity index (χ2n) is 8.18. The van der Waals surface area contributed by atoms with E-state index in [4.69, 9.17) is 10.1 Å². The van der Waals surface area contributed by atoms with E-state index in [-0.39, 0.29) is 6.42 Å². The van der Waals surface area contributed by atoms with Crippen LogP contribution in [0.1, 0.15) is 19.3 Å². The second-order valence-corrected chi connectivity index (χ2v) is 8.18. The van der Waals surface area contributed by atoms with Crippen LogP contribution in [0.4, 0.5) is 0 Å². The summed E-state index contributed by atoms with van der Waals surface area (Å²) in [5, 5.41) is 29.4. The topological polar surface area (TPSA) is 108 Å². The summed E-state index contributed by atoms with van der Waals surface area (Å²) in [5.74, 6) is -0.321. The first kappa shape index (κ1) is 23.4. The molecule has 4 aromatic rings. The van der Waals surface area contributed by atoms with Gasteiger partial charge in [-0.15, -0.1) is 0 Å². The van der Waals surface area contributed by atoms with Gasteiger partial charge in [0.1, 0.15) is 5.82 Å². The molecule has 7 nitrogen and oxygen atoms in total. The molecule has 4 rings (SSSR count). The van der Waals surface area contributed by atoms with Crippen LogP contribution in [0, 0.1) is 0 Å². The average molecular weight is 458 g/mol. The SMILES string of the molecule is O=C(O)C[C@H](O)C[C@H](O)CCn1c(-c2ccccc2)nc(-c2ccncc2)c1-c1ccccc1. The number of aliphatic carboxylic acids is 1. The zero-order chi connectivity index (χ0) is 23.9. The van der Waals surface area contributed by atoms with Crippen molar-refractivity contribution in [3.05, 3.63) is 85.2 Å². The van der Waals surface area contributed by atoms with Gasteiger partial charge in [-0.25, -0.2) is 4.98 Å². The highest BCUT2D eigenvalue weighted by Crippen LogP contribution is 2.36. The lowest BCUT2D eigenvalue weighted by Crippen LogP contribution is -2.22. The van der Waals surface area contributed by atoms with E-state index >= 15 is 0 Å².